The molecule has 1 aliphatic heterocycles. The molecule has 0 amide bonds. The molecule has 1 aliphatic rings. The van der Waals surface area contributed by atoms with Gasteiger partial charge in [0.1, 0.15) is 0 Å². The summed E-state index contributed by atoms with van der Waals surface area (Å²) < 4.78 is 0. The van der Waals surface area contributed by atoms with Crippen molar-refractivity contribution in [1.29, 1.82) is 0 Å². The number of alkyl halides is 1. The topological polar surface area (TPSA) is 15.3 Å². The van der Waals surface area contributed by atoms with Crippen molar-refractivity contribution in [3.8, 4) is 0 Å². The maximum absolute atomic E-state index is 3.42. The summed E-state index contributed by atoms with van der Waals surface area (Å²) in [5, 5.41) is 4.46. The van der Waals surface area contributed by atoms with Gasteiger partial charge in [-0.05, 0) is 19.4 Å². The van der Waals surface area contributed by atoms with Gasteiger partial charge in [-0.2, -0.15) is 0 Å². The summed E-state index contributed by atoms with van der Waals surface area (Å²) in [5.41, 5.74) is 0. The third kappa shape index (κ3) is 2.99. The van der Waals surface area contributed by atoms with Crippen molar-refractivity contribution in [2.24, 2.45) is 0 Å². The van der Waals surface area contributed by atoms with Crippen LogP contribution >= 0.6 is 15.9 Å². The first kappa shape index (κ1) is 8.50. The molecular formula is C7H15BrN2. The molecule has 0 saturated carbocycles. The van der Waals surface area contributed by atoms with Gasteiger partial charge in [0.2, 0.25) is 0 Å². The molecule has 0 aliphatic carbocycles. The second-order valence-corrected chi connectivity index (χ2v) is 3.47. The van der Waals surface area contributed by atoms with E-state index in [1.807, 2.05) is 0 Å². The molecule has 3 heteroatoms. The van der Waals surface area contributed by atoms with E-state index < -0.39 is 0 Å². The Morgan fingerprint density at radius 1 is 1.40 bits per heavy atom. The fraction of sp³-hybridized carbons (Fsp3) is 1.00. The van der Waals surface area contributed by atoms with Crippen molar-refractivity contribution in [3.05, 3.63) is 0 Å². The maximum atomic E-state index is 3.42. The van der Waals surface area contributed by atoms with E-state index in [1.54, 1.807) is 0 Å². The summed E-state index contributed by atoms with van der Waals surface area (Å²) in [6, 6.07) is 0. The Morgan fingerprint density at radius 3 is 2.90 bits per heavy atom. The van der Waals surface area contributed by atoms with Crippen LogP contribution in [-0.4, -0.2) is 36.5 Å². The van der Waals surface area contributed by atoms with Gasteiger partial charge in [0.25, 0.3) is 0 Å². The van der Waals surface area contributed by atoms with Crippen LogP contribution in [0.4, 0.5) is 0 Å². The quantitative estimate of drug-likeness (QED) is 0.547. The number of nitrogens with zero attached hydrogens (tertiary/aromatic N) is 1. The molecule has 1 fully saturated rings. The van der Waals surface area contributed by atoms with Gasteiger partial charge in [-0.15, -0.1) is 0 Å². The zero-order valence-corrected chi connectivity index (χ0v) is 7.86. The Bertz CT molecular complexity index is 81.7. The van der Waals surface area contributed by atoms with Crippen LogP contribution in [0.5, 0.6) is 0 Å². The Labute approximate surface area is 71.1 Å². The van der Waals surface area contributed by atoms with Gasteiger partial charge in [-0.3, -0.25) is 4.90 Å². The van der Waals surface area contributed by atoms with Gasteiger partial charge in [-0.25, -0.2) is 0 Å². The smallest absolute Gasteiger partial charge is 0.0481 e. The Morgan fingerprint density at radius 2 is 2.30 bits per heavy atom. The van der Waals surface area contributed by atoms with E-state index in [9.17, 15) is 0 Å². The number of hydrogen-bond donors (Lipinski definition) is 1. The zero-order valence-electron chi connectivity index (χ0n) is 6.27. The minimum Gasteiger partial charge on any atom is -0.303 e. The van der Waals surface area contributed by atoms with Gasteiger partial charge in [0, 0.05) is 25.1 Å². The van der Waals surface area contributed by atoms with Crippen LogP contribution in [0.1, 0.15) is 12.8 Å². The van der Waals surface area contributed by atoms with E-state index in [2.05, 4.69) is 26.1 Å². The van der Waals surface area contributed by atoms with Crippen LogP contribution in [-0.2, 0) is 0 Å². The van der Waals surface area contributed by atoms with Gasteiger partial charge in [0.15, 0.2) is 0 Å². The highest BCUT2D eigenvalue weighted by atomic mass is 79.9. The minimum absolute atomic E-state index is 1.10. The highest BCUT2D eigenvalue weighted by molar-refractivity contribution is 9.09. The predicted octanol–water partition coefficient (Wildman–Crippen LogP) is 1.02. The molecular weight excluding hydrogens is 192 g/mol. The Kier molecular flexibility index (Phi) is 4.34. The monoisotopic (exact) mass is 206 g/mol. The summed E-state index contributed by atoms with van der Waals surface area (Å²) in [4.78, 5) is 2.46. The van der Waals surface area contributed by atoms with Crippen molar-refractivity contribution in [1.82, 2.24) is 10.2 Å². The molecule has 1 saturated heterocycles. The lowest BCUT2D eigenvalue weighted by atomic mass is 10.3. The Hall–Kier alpha value is 0.400. The van der Waals surface area contributed by atoms with Crippen LogP contribution in [0.25, 0.3) is 0 Å². The zero-order chi connectivity index (χ0) is 7.23. The summed E-state index contributed by atoms with van der Waals surface area (Å²) in [6.07, 6.45) is 2.63. The number of hydrogen-bond acceptors (Lipinski definition) is 2. The van der Waals surface area contributed by atoms with E-state index in [4.69, 9.17) is 0 Å². The number of halogens is 1. The van der Waals surface area contributed by atoms with E-state index in [1.165, 1.54) is 32.5 Å². The molecule has 1 heterocycles. The fourth-order valence-electron chi connectivity index (χ4n) is 1.17. The third-order valence-electron chi connectivity index (χ3n) is 1.80. The van der Waals surface area contributed by atoms with Crippen LogP contribution in [0.3, 0.4) is 0 Å². The lowest BCUT2D eigenvalue weighted by molar-refractivity contribution is 0.329. The largest absolute Gasteiger partial charge is 0.303 e. The summed E-state index contributed by atoms with van der Waals surface area (Å²) in [6.45, 7) is 4.78. The highest BCUT2D eigenvalue weighted by Crippen LogP contribution is 1.98. The van der Waals surface area contributed by atoms with E-state index in [0.717, 1.165) is 12.0 Å². The van der Waals surface area contributed by atoms with Crippen molar-refractivity contribution >= 4 is 15.9 Å². The number of unbranched alkanes of at least 4 members (excludes halogenated alkanes) is 1. The summed E-state index contributed by atoms with van der Waals surface area (Å²) >= 11 is 3.42. The molecule has 0 aromatic heterocycles. The molecule has 0 radical (unpaired) electrons. The van der Waals surface area contributed by atoms with Gasteiger partial charge >= 0.3 is 0 Å². The second kappa shape index (κ2) is 5.10. The van der Waals surface area contributed by atoms with Crippen molar-refractivity contribution in [2.45, 2.75) is 12.8 Å². The van der Waals surface area contributed by atoms with E-state index in [0.29, 0.717) is 0 Å². The SMILES string of the molecule is BrCCCCN1CCNC1. The molecule has 0 unspecified atom stereocenters. The van der Waals surface area contributed by atoms with Crippen molar-refractivity contribution < 1.29 is 0 Å². The normalized spacial score (nSPS) is 20.1. The summed E-state index contributed by atoms with van der Waals surface area (Å²) in [5.74, 6) is 0. The van der Waals surface area contributed by atoms with Crippen LogP contribution in [0, 0.1) is 0 Å². The lowest BCUT2D eigenvalue weighted by Gasteiger charge is -2.11. The van der Waals surface area contributed by atoms with Crippen LogP contribution in [0.2, 0.25) is 0 Å². The number of nitrogens with one attached hydrogen (secondary N) is 1. The molecule has 0 atom stereocenters. The Balaban J connectivity index is 1.91. The van der Waals surface area contributed by atoms with Gasteiger partial charge in [-0.1, -0.05) is 15.9 Å². The first-order valence-electron chi connectivity index (χ1n) is 3.92. The molecule has 2 nitrogen and oxygen atoms in total. The third-order valence-corrected chi connectivity index (χ3v) is 2.36. The van der Waals surface area contributed by atoms with E-state index >= 15 is 0 Å². The second-order valence-electron chi connectivity index (χ2n) is 2.67. The fourth-order valence-corrected chi connectivity index (χ4v) is 1.57. The minimum atomic E-state index is 1.10. The van der Waals surface area contributed by atoms with Gasteiger partial charge in [0.05, 0.1) is 0 Å². The highest BCUT2D eigenvalue weighted by Gasteiger charge is 2.08. The van der Waals surface area contributed by atoms with Crippen molar-refractivity contribution in [2.75, 3.05) is 31.6 Å². The standard InChI is InChI=1S/C7H15BrN2/c8-3-1-2-5-10-6-4-9-7-10/h9H,1-7H2. The molecule has 10 heavy (non-hydrogen) atoms. The number of rotatable bonds is 4. The average Bonchev–Trinajstić information content (AvgIpc) is 2.41. The predicted molar refractivity (Wildman–Crippen MR) is 47.5 cm³/mol. The van der Waals surface area contributed by atoms with Crippen LogP contribution in [0.15, 0.2) is 0 Å². The van der Waals surface area contributed by atoms with Crippen molar-refractivity contribution in [3.63, 3.8) is 0 Å². The maximum Gasteiger partial charge on any atom is 0.0481 e. The lowest BCUT2D eigenvalue weighted by Crippen LogP contribution is -2.23. The molecule has 60 valence electrons. The first-order chi connectivity index (χ1) is 4.93. The average molecular weight is 207 g/mol. The molecule has 0 bridgehead atoms. The summed E-state index contributed by atoms with van der Waals surface area (Å²) in [7, 11) is 0. The van der Waals surface area contributed by atoms with E-state index in [-0.39, 0.29) is 0 Å². The molecule has 0 aromatic rings. The molecule has 0 spiro atoms. The molecule has 0 aromatic carbocycles. The molecule has 1 rings (SSSR count). The first-order valence-corrected chi connectivity index (χ1v) is 5.04. The van der Waals surface area contributed by atoms with Gasteiger partial charge < -0.3 is 5.32 Å². The molecule has 1 N–H and O–H groups in total. The van der Waals surface area contributed by atoms with Crippen LogP contribution < -0.4 is 5.32 Å².